The third-order valence-corrected chi connectivity index (χ3v) is 3.72. The third-order valence-electron chi connectivity index (χ3n) is 2.71. The van der Waals surface area contributed by atoms with Crippen LogP contribution in [0.5, 0.6) is 0 Å². The Kier molecular flexibility index (Phi) is 3.72. The Bertz CT molecular complexity index is 303. The molecule has 2 rings (SSSR count). The maximum atomic E-state index is 5.76. The van der Waals surface area contributed by atoms with E-state index in [-0.39, 0.29) is 6.04 Å². The second-order valence-electron chi connectivity index (χ2n) is 4.36. The third kappa shape index (κ3) is 3.00. The maximum Gasteiger partial charge on any atom is 0.110 e. The van der Waals surface area contributed by atoms with Crippen LogP contribution < -0.4 is 11.1 Å². The number of aromatic nitrogens is 1. The van der Waals surface area contributed by atoms with Crippen molar-refractivity contribution in [1.82, 2.24) is 10.3 Å². The van der Waals surface area contributed by atoms with Crippen molar-refractivity contribution in [2.45, 2.75) is 44.7 Å². The Morgan fingerprint density at radius 2 is 2.53 bits per heavy atom. The SMILES string of the molecule is CC(N)Cc1csc(C2CCCCN2)n1. The minimum absolute atomic E-state index is 0.208. The summed E-state index contributed by atoms with van der Waals surface area (Å²) in [7, 11) is 0. The van der Waals surface area contributed by atoms with Gasteiger partial charge in [-0.25, -0.2) is 4.98 Å². The number of nitrogens with one attached hydrogen (secondary N) is 1. The number of nitrogens with two attached hydrogens (primary N) is 1. The number of nitrogens with zero attached hydrogens (tertiary/aromatic N) is 1. The second-order valence-corrected chi connectivity index (χ2v) is 5.25. The van der Waals surface area contributed by atoms with E-state index in [4.69, 9.17) is 5.73 Å². The van der Waals surface area contributed by atoms with Gasteiger partial charge in [0.05, 0.1) is 11.7 Å². The Morgan fingerprint density at radius 1 is 1.67 bits per heavy atom. The van der Waals surface area contributed by atoms with E-state index in [1.807, 2.05) is 6.92 Å². The molecule has 0 saturated carbocycles. The lowest BCUT2D eigenvalue weighted by molar-refractivity contribution is 0.410. The molecule has 0 aromatic carbocycles. The second kappa shape index (κ2) is 5.05. The fraction of sp³-hybridized carbons (Fsp3) is 0.727. The van der Waals surface area contributed by atoms with Gasteiger partial charge in [-0.1, -0.05) is 6.42 Å². The molecule has 3 N–H and O–H groups in total. The molecule has 1 aromatic rings. The van der Waals surface area contributed by atoms with E-state index in [9.17, 15) is 0 Å². The minimum Gasteiger partial charge on any atom is -0.328 e. The molecule has 15 heavy (non-hydrogen) atoms. The number of thiazole rings is 1. The zero-order valence-electron chi connectivity index (χ0n) is 9.20. The van der Waals surface area contributed by atoms with Gasteiger partial charge in [-0.15, -0.1) is 11.3 Å². The Balaban J connectivity index is 1.99. The van der Waals surface area contributed by atoms with Crippen LogP contribution in [0.25, 0.3) is 0 Å². The first-order valence-electron chi connectivity index (χ1n) is 5.69. The van der Waals surface area contributed by atoms with E-state index in [2.05, 4.69) is 15.7 Å². The van der Waals surface area contributed by atoms with Crippen LogP contribution in [-0.2, 0) is 6.42 Å². The van der Waals surface area contributed by atoms with Crippen LogP contribution >= 0.6 is 11.3 Å². The van der Waals surface area contributed by atoms with E-state index < -0.39 is 0 Å². The lowest BCUT2D eigenvalue weighted by atomic mass is 10.1. The smallest absolute Gasteiger partial charge is 0.110 e. The molecular weight excluding hydrogens is 206 g/mol. The lowest BCUT2D eigenvalue weighted by Gasteiger charge is -2.21. The first-order valence-corrected chi connectivity index (χ1v) is 6.57. The molecule has 1 aromatic heterocycles. The molecule has 0 radical (unpaired) electrons. The zero-order chi connectivity index (χ0) is 10.7. The lowest BCUT2D eigenvalue weighted by Crippen LogP contribution is -2.26. The van der Waals surface area contributed by atoms with E-state index in [0.29, 0.717) is 6.04 Å². The Hall–Kier alpha value is -0.450. The van der Waals surface area contributed by atoms with Gasteiger partial charge in [-0.3, -0.25) is 0 Å². The summed E-state index contributed by atoms with van der Waals surface area (Å²) in [5.41, 5.74) is 6.91. The van der Waals surface area contributed by atoms with Gasteiger partial charge in [-0.2, -0.15) is 0 Å². The summed E-state index contributed by atoms with van der Waals surface area (Å²) in [6.45, 7) is 3.16. The Labute approximate surface area is 95.1 Å². The molecule has 84 valence electrons. The molecule has 1 fully saturated rings. The molecule has 1 aliphatic rings. The van der Waals surface area contributed by atoms with E-state index in [1.54, 1.807) is 11.3 Å². The Morgan fingerprint density at radius 3 is 3.20 bits per heavy atom. The van der Waals surface area contributed by atoms with Crippen molar-refractivity contribution >= 4 is 11.3 Å². The van der Waals surface area contributed by atoms with Crippen molar-refractivity contribution in [3.8, 4) is 0 Å². The highest BCUT2D eigenvalue weighted by atomic mass is 32.1. The van der Waals surface area contributed by atoms with Crippen molar-refractivity contribution in [2.24, 2.45) is 5.73 Å². The van der Waals surface area contributed by atoms with E-state index >= 15 is 0 Å². The fourth-order valence-corrected chi connectivity index (χ4v) is 2.91. The van der Waals surface area contributed by atoms with E-state index in [1.165, 1.54) is 24.3 Å². The summed E-state index contributed by atoms with van der Waals surface area (Å²) in [5, 5.41) is 6.91. The molecule has 1 aliphatic heterocycles. The predicted octanol–water partition coefficient (Wildman–Crippen LogP) is 1.85. The first-order chi connectivity index (χ1) is 7.25. The van der Waals surface area contributed by atoms with Crippen LogP contribution in [-0.4, -0.2) is 17.6 Å². The van der Waals surface area contributed by atoms with Crippen molar-refractivity contribution in [2.75, 3.05) is 6.54 Å². The van der Waals surface area contributed by atoms with Crippen LogP contribution in [0.4, 0.5) is 0 Å². The number of rotatable bonds is 3. The average molecular weight is 225 g/mol. The number of piperidine rings is 1. The summed E-state index contributed by atoms with van der Waals surface area (Å²) in [4.78, 5) is 4.65. The van der Waals surface area contributed by atoms with E-state index in [0.717, 1.165) is 18.7 Å². The summed E-state index contributed by atoms with van der Waals surface area (Å²) in [6.07, 6.45) is 4.74. The topological polar surface area (TPSA) is 50.9 Å². The fourth-order valence-electron chi connectivity index (χ4n) is 1.97. The minimum atomic E-state index is 0.208. The normalized spacial score (nSPS) is 24.0. The number of hydrogen-bond acceptors (Lipinski definition) is 4. The van der Waals surface area contributed by atoms with Crippen molar-refractivity contribution in [3.05, 3.63) is 16.1 Å². The highest BCUT2D eigenvalue weighted by Gasteiger charge is 2.17. The van der Waals surface area contributed by atoms with Gasteiger partial charge in [0.15, 0.2) is 0 Å². The molecule has 0 amide bonds. The largest absolute Gasteiger partial charge is 0.328 e. The molecule has 4 heteroatoms. The van der Waals surface area contributed by atoms with Crippen LogP contribution in [0, 0.1) is 0 Å². The standard InChI is InChI=1S/C11H19N3S/c1-8(12)6-9-7-15-11(14-9)10-4-2-3-5-13-10/h7-8,10,13H,2-6,12H2,1H3. The van der Waals surface area contributed by atoms with Gasteiger partial charge in [0.2, 0.25) is 0 Å². The summed E-state index contributed by atoms with van der Waals surface area (Å²) >= 11 is 1.77. The highest BCUT2D eigenvalue weighted by Crippen LogP contribution is 2.25. The zero-order valence-corrected chi connectivity index (χ0v) is 10.0. The first kappa shape index (κ1) is 11.0. The molecule has 3 nitrogen and oxygen atoms in total. The summed E-state index contributed by atoms with van der Waals surface area (Å²) < 4.78 is 0. The van der Waals surface area contributed by atoms with Gasteiger partial charge in [0.1, 0.15) is 5.01 Å². The van der Waals surface area contributed by atoms with Gasteiger partial charge >= 0.3 is 0 Å². The van der Waals surface area contributed by atoms with Crippen molar-refractivity contribution in [1.29, 1.82) is 0 Å². The molecule has 1 saturated heterocycles. The summed E-state index contributed by atoms with van der Waals surface area (Å²) in [5.74, 6) is 0. The van der Waals surface area contributed by atoms with Gasteiger partial charge in [0.25, 0.3) is 0 Å². The maximum absolute atomic E-state index is 5.76. The monoisotopic (exact) mass is 225 g/mol. The average Bonchev–Trinajstić information content (AvgIpc) is 2.67. The molecule has 0 aliphatic carbocycles. The molecule has 2 heterocycles. The van der Waals surface area contributed by atoms with Gasteiger partial charge in [0, 0.05) is 17.8 Å². The van der Waals surface area contributed by atoms with Crippen LogP contribution in [0.15, 0.2) is 5.38 Å². The van der Waals surface area contributed by atoms with Gasteiger partial charge < -0.3 is 11.1 Å². The molecule has 2 atom stereocenters. The highest BCUT2D eigenvalue weighted by molar-refractivity contribution is 7.09. The summed E-state index contributed by atoms with van der Waals surface area (Å²) in [6, 6.07) is 0.699. The molecule has 0 spiro atoms. The van der Waals surface area contributed by atoms with Crippen molar-refractivity contribution in [3.63, 3.8) is 0 Å². The molecular formula is C11H19N3S. The van der Waals surface area contributed by atoms with Crippen molar-refractivity contribution < 1.29 is 0 Å². The van der Waals surface area contributed by atoms with Crippen LogP contribution in [0.1, 0.15) is 42.9 Å². The predicted molar refractivity (Wildman–Crippen MR) is 64.1 cm³/mol. The quantitative estimate of drug-likeness (QED) is 0.825. The molecule has 2 unspecified atom stereocenters. The number of hydrogen-bond donors (Lipinski definition) is 2. The molecule has 0 bridgehead atoms. The van der Waals surface area contributed by atoms with Gasteiger partial charge in [-0.05, 0) is 26.3 Å². The van der Waals surface area contributed by atoms with Crippen LogP contribution in [0.2, 0.25) is 0 Å². The van der Waals surface area contributed by atoms with Crippen LogP contribution in [0.3, 0.4) is 0 Å².